The summed E-state index contributed by atoms with van der Waals surface area (Å²) < 4.78 is 0. The lowest BCUT2D eigenvalue weighted by atomic mass is 10.4. The van der Waals surface area contributed by atoms with E-state index in [2.05, 4.69) is 15.5 Å². The molecule has 0 fully saturated rings. The number of aromatic amines is 1. The molecule has 5 nitrogen and oxygen atoms in total. The Hall–Kier alpha value is -1.23. The van der Waals surface area contributed by atoms with E-state index in [1.807, 2.05) is 0 Å². The van der Waals surface area contributed by atoms with Crippen LogP contribution in [0.5, 0.6) is 0 Å². The molecule has 0 unspecified atom stereocenters. The summed E-state index contributed by atoms with van der Waals surface area (Å²) in [6.07, 6.45) is 0. The van der Waals surface area contributed by atoms with Gasteiger partial charge in [0, 0.05) is 13.1 Å². The highest BCUT2D eigenvalue weighted by Crippen LogP contribution is 1.98. The molecular formula is C5H9ClN4O. The van der Waals surface area contributed by atoms with Crippen molar-refractivity contribution in [3.05, 3.63) is 11.8 Å². The van der Waals surface area contributed by atoms with Gasteiger partial charge in [0.25, 0.3) is 5.91 Å². The van der Waals surface area contributed by atoms with Crippen LogP contribution in [0.1, 0.15) is 10.5 Å². The molecule has 6 heteroatoms. The van der Waals surface area contributed by atoms with Crippen molar-refractivity contribution < 1.29 is 4.79 Å². The minimum atomic E-state index is -0.218. The summed E-state index contributed by atoms with van der Waals surface area (Å²) in [7, 11) is 1.54. The number of carbonyl (C=O) groups is 1. The number of nitrogens with zero attached hydrogens (tertiary/aromatic N) is 1. The average Bonchev–Trinajstić information content (AvgIpc) is 2.34. The third-order valence-electron chi connectivity index (χ3n) is 1.07. The molecule has 0 atom stereocenters. The van der Waals surface area contributed by atoms with Gasteiger partial charge >= 0.3 is 0 Å². The van der Waals surface area contributed by atoms with Crippen LogP contribution in [0.4, 0.5) is 5.82 Å². The van der Waals surface area contributed by atoms with E-state index in [0.717, 1.165) is 0 Å². The van der Waals surface area contributed by atoms with E-state index in [-0.39, 0.29) is 18.3 Å². The number of halogens is 1. The Kier molecular flexibility index (Phi) is 3.39. The van der Waals surface area contributed by atoms with Crippen LogP contribution < -0.4 is 11.1 Å². The molecule has 0 saturated carbocycles. The lowest BCUT2D eigenvalue weighted by Crippen LogP contribution is -2.17. The van der Waals surface area contributed by atoms with Crippen molar-refractivity contribution in [1.29, 1.82) is 0 Å². The lowest BCUT2D eigenvalue weighted by Gasteiger charge is -1.90. The zero-order valence-electron chi connectivity index (χ0n) is 5.92. The number of rotatable bonds is 1. The molecule has 0 radical (unpaired) electrons. The number of hydrogen-bond acceptors (Lipinski definition) is 3. The molecule has 0 saturated heterocycles. The third-order valence-corrected chi connectivity index (χ3v) is 1.07. The molecule has 1 amide bonds. The molecule has 1 rings (SSSR count). The van der Waals surface area contributed by atoms with E-state index >= 15 is 0 Å². The number of H-pyrrole nitrogens is 1. The number of nitrogens with one attached hydrogen (secondary N) is 2. The summed E-state index contributed by atoms with van der Waals surface area (Å²) >= 11 is 0. The molecule has 1 aromatic rings. The van der Waals surface area contributed by atoms with Crippen LogP contribution in [-0.2, 0) is 0 Å². The molecule has 62 valence electrons. The number of nitrogens with two attached hydrogens (primary N) is 1. The number of hydrogen-bond donors (Lipinski definition) is 3. The van der Waals surface area contributed by atoms with E-state index in [9.17, 15) is 4.79 Å². The Bertz CT molecular complexity index is 246. The fourth-order valence-corrected chi connectivity index (χ4v) is 0.588. The molecule has 0 aliphatic carbocycles. The largest absolute Gasteiger partial charge is 0.382 e. The summed E-state index contributed by atoms with van der Waals surface area (Å²) in [5.41, 5.74) is 5.62. The molecular weight excluding hydrogens is 168 g/mol. The van der Waals surface area contributed by atoms with Gasteiger partial charge in [-0.1, -0.05) is 0 Å². The van der Waals surface area contributed by atoms with Gasteiger partial charge in [-0.15, -0.1) is 12.4 Å². The summed E-state index contributed by atoms with van der Waals surface area (Å²) in [6.45, 7) is 0. The number of carbonyl (C=O) groups excluding carboxylic acids is 1. The first-order valence-corrected chi connectivity index (χ1v) is 2.77. The molecule has 0 bridgehead atoms. The van der Waals surface area contributed by atoms with Crippen LogP contribution in [0.3, 0.4) is 0 Å². The van der Waals surface area contributed by atoms with Gasteiger partial charge in [-0.3, -0.25) is 9.89 Å². The monoisotopic (exact) mass is 176 g/mol. The number of amides is 1. The van der Waals surface area contributed by atoms with Gasteiger partial charge in [-0.25, -0.2) is 0 Å². The Balaban J connectivity index is 0.000001000. The highest BCUT2D eigenvalue weighted by atomic mass is 35.5. The van der Waals surface area contributed by atoms with Gasteiger partial charge in [0.2, 0.25) is 0 Å². The Labute approximate surface area is 69.8 Å². The Morgan fingerprint density at radius 2 is 2.45 bits per heavy atom. The van der Waals surface area contributed by atoms with E-state index in [1.165, 1.54) is 6.07 Å². The third kappa shape index (κ3) is 2.12. The maximum absolute atomic E-state index is 10.8. The van der Waals surface area contributed by atoms with Crippen molar-refractivity contribution in [3.63, 3.8) is 0 Å². The maximum Gasteiger partial charge on any atom is 0.269 e. The van der Waals surface area contributed by atoms with Crippen molar-refractivity contribution in [1.82, 2.24) is 15.5 Å². The first-order chi connectivity index (χ1) is 4.74. The second-order valence-corrected chi connectivity index (χ2v) is 1.79. The van der Waals surface area contributed by atoms with E-state index in [4.69, 9.17) is 5.73 Å². The molecule has 1 aromatic heterocycles. The van der Waals surface area contributed by atoms with Crippen molar-refractivity contribution in [3.8, 4) is 0 Å². The minimum Gasteiger partial charge on any atom is -0.382 e. The zero-order chi connectivity index (χ0) is 7.56. The van der Waals surface area contributed by atoms with E-state index in [0.29, 0.717) is 11.5 Å². The molecule has 4 N–H and O–H groups in total. The Morgan fingerprint density at radius 1 is 1.82 bits per heavy atom. The zero-order valence-corrected chi connectivity index (χ0v) is 6.73. The highest BCUT2D eigenvalue weighted by molar-refractivity contribution is 5.92. The van der Waals surface area contributed by atoms with Crippen molar-refractivity contribution >= 4 is 24.1 Å². The molecule has 0 aromatic carbocycles. The quantitative estimate of drug-likeness (QED) is 0.553. The van der Waals surface area contributed by atoms with E-state index in [1.54, 1.807) is 7.05 Å². The standard InChI is InChI=1S/C5H8N4O.ClH/c1-7-5(10)3-2-4(6)9-8-3;/h2H,1H3,(H,7,10)(H3,6,8,9);1H. The lowest BCUT2D eigenvalue weighted by molar-refractivity contribution is 0.0958. The van der Waals surface area contributed by atoms with Crippen LogP contribution in [0.15, 0.2) is 6.07 Å². The van der Waals surface area contributed by atoms with Crippen LogP contribution in [0.25, 0.3) is 0 Å². The van der Waals surface area contributed by atoms with Crippen LogP contribution in [0.2, 0.25) is 0 Å². The molecule has 0 aliphatic heterocycles. The smallest absolute Gasteiger partial charge is 0.269 e. The SMILES string of the molecule is CNC(=O)c1cc(N)n[nH]1.Cl. The summed E-state index contributed by atoms with van der Waals surface area (Å²) in [6, 6.07) is 1.47. The number of nitrogen functional groups attached to an aromatic ring is 1. The van der Waals surface area contributed by atoms with Crippen LogP contribution >= 0.6 is 12.4 Å². The topological polar surface area (TPSA) is 83.8 Å². The predicted molar refractivity (Wildman–Crippen MR) is 43.6 cm³/mol. The first-order valence-electron chi connectivity index (χ1n) is 2.77. The van der Waals surface area contributed by atoms with Crippen molar-refractivity contribution in [2.45, 2.75) is 0 Å². The van der Waals surface area contributed by atoms with Gasteiger partial charge in [-0.05, 0) is 0 Å². The molecule has 0 aliphatic rings. The first kappa shape index (κ1) is 9.77. The maximum atomic E-state index is 10.8. The summed E-state index contributed by atoms with van der Waals surface area (Å²) in [5.74, 6) is 0.0998. The van der Waals surface area contributed by atoms with Crippen molar-refractivity contribution in [2.24, 2.45) is 0 Å². The Morgan fingerprint density at radius 3 is 2.82 bits per heavy atom. The summed E-state index contributed by atoms with van der Waals surface area (Å²) in [4.78, 5) is 10.8. The fraction of sp³-hybridized carbons (Fsp3) is 0.200. The number of anilines is 1. The average molecular weight is 177 g/mol. The summed E-state index contributed by atoms with van der Waals surface area (Å²) in [5, 5.41) is 8.48. The fourth-order valence-electron chi connectivity index (χ4n) is 0.588. The van der Waals surface area contributed by atoms with Gasteiger partial charge in [0.05, 0.1) is 0 Å². The van der Waals surface area contributed by atoms with Gasteiger partial charge in [-0.2, -0.15) is 5.10 Å². The van der Waals surface area contributed by atoms with Gasteiger partial charge in [0.15, 0.2) is 0 Å². The molecule has 1 heterocycles. The highest BCUT2D eigenvalue weighted by Gasteiger charge is 2.04. The number of aromatic nitrogens is 2. The minimum absolute atomic E-state index is 0. The second kappa shape index (κ2) is 3.82. The molecule has 0 spiro atoms. The normalized spacial score (nSPS) is 8.45. The predicted octanol–water partition coefficient (Wildman–Crippen LogP) is -0.227. The van der Waals surface area contributed by atoms with Gasteiger partial charge in [0.1, 0.15) is 11.5 Å². The second-order valence-electron chi connectivity index (χ2n) is 1.79. The van der Waals surface area contributed by atoms with Crippen LogP contribution in [-0.4, -0.2) is 23.2 Å². The van der Waals surface area contributed by atoms with E-state index < -0.39 is 0 Å². The van der Waals surface area contributed by atoms with Gasteiger partial charge < -0.3 is 11.1 Å². The van der Waals surface area contributed by atoms with Crippen LogP contribution in [0, 0.1) is 0 Å². The van der Waals surface area contributed by atoms with Crippen molar-refractivity contribution in [2.75, 3.05) is 12.8 Å². The molecule has 11 heavy (non-hydrogen) atoms.